The number of fused-ring (bicyclic) bond motifs is 1. The maximum atomic E-state index is 11.3. The summed E-state index contributed by atoms with van der Waals surface area (Å²) in [6.07, 6.45) is 8.04. The van der Waals surface area contributed by atoms with Gasteiger partial charge in [0.2, 0.25) is 11.4 Å². The van der Waals surface area contributed by atoms with Crippen molar-refractivity contribution in [3.8, 4) is 17.0 Å². The molecule has 4 aromatic rings. The van der Waals surface area contributed by atoms with Gasteiger partial charge in [-0.15, -0.1) is 0 Å². The lowest BCUT2D eigenvalue weighted by Gasteiger charge is -2.33. The van der Waals surface area contributed by atoms with Gasteiger partial charge >= 0.3 is 0 Å². The fraction of sp³-hybridized carbons (Fsp3) is 0.240. The van der Waals surface area contributed by atoms with Crippen LogP contribution < -0.4 is 20.9 Å². The average molecular weight is 443 g/mol. The Hall–Kier alpha value is -3.91. The highest BCUT2D eigenvalue weighted by Gasteiger charge is 2.29. The van der Waals surface area contributed by atoms with Gasteiger partial charge in [-0.05, 0) is 30.2 Å². The van der Waals surface area contributed by atoms with E-state index in [2.05, 4.69) is 43.9 Å². The van der Waals surface area contributed by atoms with Gasteiger partial charge in [-0.2, -0.15) is 5.10 Å². The van der Waals surface area contributed by atoms with Crippen molar-refractivity contribution in [1.82, 2.24) is 25.1 Å². The molecule has 1 aliphatic heterocycles. The molecule has 3 aromatic heterocycles. The fourth-order valence-electron chi connectivity index (χ4n) is 4.08. The molecule has 0 saturated heterocycles. The number of hydrogen-bond acceptors (Lipinski definition) is 6. The van der Waals surface area contributed by atoms with Crippen LogP contribution in [0.4, 0.5) is 5.69 Å². The highest BCUT2D eigenvalue weighted by molar-refractivity contribution is 5.69. The number of H-pyrrole nitrogens is 1. The summed E-state index contributed by atoms with van der Waals surface area (Å²) in [5, 5.41) is 11.4. The monoisotopic (exact) mass is 442 g/mol. The topological polar surface area (TPSA) is 96.9 Å². The summed E-state index contributed by atoms with van der Waals surface area (Å²) in [4.78, 5) is 18.6. The number of hydrogen-bond donors (Lipinski definition) is 3. The molecule has 2 atom stereocenters. The quantitative estimate of drug-likeness (QED) is 0.407. The summed E-state index contributed by atoms with van der Waals surface area (Å²) in [6, 6.07) is 15.7. The van der Waals surface area contributed by atoms with Crippen molar-refractivity contribution in [3.05, 3.63) is 94.8 Å². The first kappa shape index (κ1) is 21.0. The molecule has 0 fully saturated rings. The van der Waals surface area contributed by atoms with Gasteiger partial charge in [0.25, 0.3) is 0 Å². The first-order chi connectivity index (χ1) is 16.2. The number of ether oxygens (including phenoxy) is 1. The number of rotatable bonds is 7. The lowest BCUT2D eigenvalue weighted by Crippen LogP contribution is -2.43. The van der Waals surface area contributed by atoms with E-state index in [-0.39, 0.29) is 17.7 Å². The number of anilines is 1. The van der Waals surface area contributed by atoms with E-state index in [0.29, 0.717) is 12.4 Å². The maximum absolute atomic E-state index is 11.3. The summed E-state index contributed by atoms with van der Waals surface area (Å²) in [5.41, 5.74) is 5.03. The van der Waals surface area contributed by atoms with Crippen molar-refractivity contribution in [2.24, 2.45) is 7.05 Å². The summed E-state index contributed by atoms with van der Waals surface area (Å²) in [5.74, 6) is 0.599. The Morgan fingerprint density at radius 2 is 2.06 bits per heavy atom. The minimum Gasteiger partial charge on any atom is -0.469 e. The van der Waals surface area contributed by atoms with Gasteiger partial charge in [-0.1, -0.05) is 36.4 Å². The van der Waals surface area contributed by atoms with Crippen LogP contribution in [-0.2, 0) is 13.5 Å². The third-order valence-electron chi connectivity index (χ3n) is 5.80. The molecule has 3 N–H and O–H groups in total. The van der Waals surface area contributed by atoms with Crippen LogP contribution >= 0.6 is 0 Å². The number of nitrogens with one attached hydrogen (secondary N) is 3. The lowest BCUT2D eigenvalue weighted by molar-refractivity contribution is 0.150. The Morgan fingerprint density at radius 1 is 1.18 bits per heavy atom. The van der Waals surface area contributed by atoms with Crippen LogP contribution in [0.3, 0.4) is 0 Å². The Labute approximate surface area is 191 Å². The average Bonchev–Trinajstić information content (AvgIpc) is 3.29. The molecule has 0 bridgehead atoms. The van der Waals surface area contributed by atoms with E-state index in [0.717, 1.165) is 40.9 Å². The van der Waals surface area contributed by atoms with E-state index in [1.807, 2.05) is 49.9 Å². The molecule has 0 unspecified atom stereocenters. The molecule has 5 rings (SSSR count). The number of aryl methyl sites for hydroxylation is 1. The zero-order chi connectivity index (χ0) is 22.6. The fourth-order valence-corrected chi connectivity index (χ4v) is 4.08. The number of nitrogens with zero attached hydrogens (tertiary/aromatic N) is 3. The Balaban J connectivity index is 1.32. The Morgan fingerprint density at radius 3 is 2.82 bits per heavy atom. The van der Waals surface area contributed by atoms with Crippen LogP contribution in [-0.4, -0.2) is 38.9 Å². The molecule has 0 amide bonds. The largest absolute Gasteiger partial charge is 0.469 e. The molecule has 0 spiro atoms. The van der Waals surface area contributed by atoms with Gasteiger partial charge in [0.05, 0.1) is 24.5 Å². The summed E-state index contributed by atoms with van der Waals surface area (Å²) in [7, 11) is 1.90. The normalized spacial score (nSPS) is 15.8. The molecule has 33 heavy (non-hydrogen) atoms. The van der Waals surface area contributed by atoms with E-state index < -0.39 is 0 Å². The molecular weight excluding hydrogens is 416 g/mol. The van der Waals surface area contributed by atoms with Crippen molar-refractivity contribution in [2.45, 2.75) is 18.6 Å². The molecule has 8 heteroatoms. The molecule has 4 heterocycles. The van der Waals surface area contributed by atoms with Gasteiger partial charge in [0.15, 0.2) is 0 Å². The Bertz CT molecular complexity index is 1260. The highest BCUT2D eigenvalue weighted by Crippen LogP contribution is 2.34. The summed E-state index contributed by atoms with van der Waals surface area (Å²) in [6.45, 7) is 1.39. The van der Waals surface area contributed by atoms with Gasteiger partial charge in [0, 0.05) is 42.8 Å². The second kappa shape index (κ2) is 9.30. The third kappa shape index (κ3) is 4.80. The van der Waals surface area contributed by atoms with Crippen LogP contribution in [0.1, 0.15) is 17.2 Å². The molecule has 8 nitrogen and oxygen atoms in total. The predicted molar refractivity (Wildman–Crippen MR) is 127 cm³/mol. The summed E-state index contributed by atoms with van der Waals surface area (Å²) >= 11 is 0. The predicted octanol–water partition coefficient (Wildman–Crippen LogP) is 2.92. The third-order valence-corrected chi connectivity index (χ3v) is 5.80. The van der Waals surface area contributed by atoms with Crippen LogP contribution in [0.2, 0.25) is 0 Å². The van der Waals surface area contributed by atoms with Crippen molar-refractivity contribution in [3.63, 3.8) is 0 Å². The number of aromatic amines is 1. The van der Waals surface area contributed by atoms with Gasteiger partial charge in [-0.3, -0.25) is 9.48 Å². The van der Waals surface area contributed by atoms with Gasteiger partial charge in [0.1, 0.15) is 6.10 Å². The molecule has 168 valence electrons. The van der Waals surface area contributed by atoms with E-state index in [1.165, 1.54) is 0 Å². The highest BCUT2D eigenvalue weighted by atomic mass is 16.5. The number of aromatic nitrogens is 4. The minimum atomic E-state index is -0.132. The Kier molecular flexibility index (Phi) is 5.91. The minimum absolute atomic E-state index is 0.0191. The second-order valence-electron chi connectivity index (χ2n) is 8.17. The van der Waals surface area contributed by atoms with Crippen molar-refractivity contribution in [1.29, 1.82) is 0 Å². The summed E-state index contributed by atoms with van der Waals surface area (Å²) < 4.78 is 8.13. The maximum Gasteiger partial charge on any atom is 0.247 e. The SMILES string of the molecule is Cn1cc(-c2cnc3c(c2)NC[C@@H]([C@H](NCCc2ccc(=O)[nH]c2)c2ccccc2)O3)cn1. The number of pyridine rings is 2. The molecule has 1 aromatic carbocycles. The van der Waals surface area contributed by atoms with Crippen molar-refractivity contribution in [2.75, 3.05) is 18.4 Å². The van der Waals surface area contributed by atoms with E-state index in [1.54, 1.807) is 16.9 Å². The standard InChI is InChI=1S/C25H26N6O2/c1-31-16-20(14-30-31)19-11-21-25(29-13-19)33-22(15-27-21)24(18-5-3-2-4-6-18)26-10-9-17-7-8-23(32)28-12-17/h2-8,11-14,16,22,24,26-27H,9-10,15H2,1H3,(H,28,32)/t22-,24+/m0/s1. The zero-order valence-corrected chi connectivity index (χ0v) is 18.4. The van der Waals surface area contributed by atoms with E-state index in [9.17, 15) is 4.79 Å². The molecular formula is C25H26N6O2. The first-order valence-electron chi connectivity index (χ1n) is 11.0. The van der Waals surface area contributed by atoms with Gasteiger partial charge < -0.3 is 20.4 Å². The molecule has 1 aliphatic rings. The molecule has 0 radical (unpaired) electrons. The van der Waals surface area contributed by atoms with Crippen LogP contribution in [0.25, 0.3) is 11.1 Å². The van der Waals surface area contributed by atoms with Crippen LogP contribution in [0, 0.1) is 0 Å². The van der Waals surface area contributed by atoms with Gasteiger partial charge in [-0.25, -0.2) is 4.98 Å². The second-order valence-corrected chi connectivity index (χ2v) is 8.17. The lowest BCUT2D eigenvalue weighted by atomic mass is 9.99. The van der Waals surface area contributed by atoms with E-state index in [4.69, 9.17) is 4.74 Å². The first-order valence-corrected chi connectivity index (χ1v) is 11.0. The van der Waals surface area contributed by atoms with Crippen molar-refractivity contribution < 1.29 is 4.74 Å². The molecule has 0 aliphatic carbocycles. The number of benzene rings is 1. The van der Waals surface area contributed by atoms with Crippen molar-refractivity contribution >= 4 is 5.69 Å². The van der Waals surface area contributed by atoms with Crippen LogP contribution in [0.15, 0.2) is 78.1 Å². The zero-order valence-electron chi connectivity index (χ0n) is 18.4. The smallest absolute Gasteiger partial charge is 0.247 e. The van der Waals surface area contributed by atoms with E-state index >= 15 is 0 Å². The molecule has 0 saturated carbocycles. The van der Waals surface area contributed by atoms with Crippen LogP contribution in [0.5, 0.6) is 5.88 Å².